The maximum Gasteiger partial charge on any atom is 0.262 e. The Bertz CT molecular complexity index is 1230. The van der Waals surface area contributed by atoms with E-state index in [1.54, 1.807) is 17.6 Å². The number of ether oxygens (including phenoxy) is 1. The van der Waals surface area contributed by atoms with E-state index < -0.39 is 0 Å². The van der Waals surface area contributed by atoms with Gasteiger partial charge in [-0.3, -0.25) is 10.1 Å². The van der Waals surface area contributed by atoms with Gasteiger partial charge < -0.3 is 9.15 Å². The van der Waals surface area contributed by atoms with E-state index in [-0.39, 0.29) is 11.5 Å². The smallest absolute Gasteiger partial charge is 0.262 e. The average Bonchev–Trinajstić information content (AvgIpc) is 3.23. The SMILES string of the molecule is CCOc1cccc2cc(C(=O)Nc3nccs3)c(=Nc3ccccc3C)oc12. The van der Waals surface area contributed by atoms with Crippen LogP contribution in [0, 0.1) is 6.92 Å². The summed E-state index contributed by atoms with van der Waals surface area (Å²) >= 11 is 1.35. The normalized spacial score (nSPS) is 11.6. The first kappa shape index (κ1) is 18.9. The number of benzene rings is 2. The van der Waals surface area contributed by atoms with E-state index in [0.29, 0.717) is 28.6 Å². The summed E-state index contributed by atoms with van der Waals surface area (Å²) < 4.78 is 11.8. The second-order valence-corrected chi connectivity index (χ2v) is 7.16. The van der Waals surface area contributed by atoms with Gasteiger partial charge in [0, 0.05) is 17.0 Å². The molecule has 0 saturated heterocycles. The van der Waals surface area contributed by atoms with Gasteiger partial charge in [-0.2, -0.15) is 0 Å². The van der Waals surface area contributed by atoms with Gasteiger partial charge in [0.2, 0.25) is 5.55 Å². The van der Waals surface area contributed by atoms with Gasteiger partial charge >= 0.3 is 0 Å². The molecule has 0 unspecified atom stereocenters. The minimum absolute atomic E-state index is 0.216. The number of nitrogens with one attached hydrogen (secondary N) is 1. The molecule has 6 nitrogen and oxygen atoms in total. The van der Waals surface area contributed by atoms with E-state index in [4.69, 9.17) is 9.15 Å². The molecule has 0 fully saturated rings. The molecule has 2 aromatic carbocycles. The summed E-state index contributed by atoms with van der Waals surface area (Å²) in [5, 5.41) is 5.87. The first-order valence-electron chi connectivity index (χ1n) is 9.16. The van der Waals surface area contributed by atoms with Crippen LogP contribution >= 0.6 is 11.3 Å². The minimum Gasteiger partial charge on any atom is -0.490 e. The van der Waals surface area contributed by atoms with E-state index in [0.717, 1.165) is 16.6 Å². The van der Waals surface area contributed by atoms with Crippen LogP contribution in [-0.2, 0) is 0 Å². The highest BCUT2D eigenvalue weighted by atomic mass is 32.1. The zero-order valence-electron chi connectivity index (χ0n) is 16.0. The number of aromatic nitrogens is 1. The summed E-state index contributed by atoms with van der Waals surface area (Å²) in [4.78, 5) is 21.7. The van der Waals surface area contributed by atoms with Crippen molar-refractivity contribution in [3.8, 4) is 5.75 Å². The predicted molar refractivity (Wildman–Crippen MR) is 114 cm³/mol. The van der Waals surface area contributed by atoms with Crippen molar-refractivity contribution < 1.29 is 13.9 Å². The highest BCUT2D eigenvalue weighted by Gasteiger charge is 2.16. The van der Waals surface area contributed by atoms with Crippen LogP contribution in [0.15, 0.2) is 69.5 Å². The van der Waals surface area contributed by atoms with Crippen molar-refractivity contribution in [2.45, 2.75) is 13.8 Å². The molecule has 146 valence electrons. The van der Waals surface area contributed by atoms with E-state index in [1.807, 2.05) is 56.3 Å². The Balaban J connectivity index is 1.92. The largest absolute Gasteiger partial charge is 0.490 e. The maximum absolute atomic E-state index is 13.0. The Kier molecular flexibility index (Phi) is 5.39. The lowest BCUT2D eigenvalue weighted by Crippen LogP contribution is -2.21. The lowest BCUT2D eigenvalue weighted by Gasteiger charge is -2.09. The van der Waals surface area contributed by atoms with Crippen molar-refractivity contribution in [2.24, 2.45) is 4.99 Å². The molecule has 0 aliphatic rings. The van der Waals surface area contributed by atoms with E-state index in [9.17, 15) is 4.79 Å². The van der Waals surface area contributed by atoms with Gasteiger partial charge in [0.15, 0.2) is 16.5 Å². The second-order valence-electron chi connectivity index (χ2n) is 6.26. The maximum atomic E-state index is 13.0. The summed E-state index contributed by atoms with van der Waals surface area (Å²) in [5.74, 6) is 0.276. The Morgan fingerprint density at radius 3 is 2.86 bits per heavy atom. The zero-order chi connectivity index (χ0) is 20.2. The first-order chi connectivity index (χ1) is 14.2. The van der Waals surface area contributed by atoms with E-state index in [1.165, 1.54) is 11.3 Å². The molecular formula is C22H19N3O3S. The quantitative estimate of drug-likeness (QED) is 0.502. The lowest BCUT2D eigenvalue weighted by atomic mass is 10.1. The Hall–Kier alpha value is -3.45. The molecule has 0 radical (unpaired) electrons. The molecular weight excluding hydrogens is 386 g/mol. The number of carbonyl (C=O) groups excluding carboxylic acids is 1. The Morgan fingerprint density at radius 1 is 1.24 bits per heavy atom. The van der Waals surface area contributed by atoms with Crippen molar-refractivity contribution in [1.29, 1.82) is 0 Å². The predicted octanol–water partition coefficient (Wildman–Crippen LogP) is 5.08. The molecule has 2 heterocycles. The molecule has 4 rings (SSSR count). The number of hydrogen-bond acceptors (Lipinski definition) is 6. The molecule has 2 aromatic heterocycles. The van der Waals surface area contributed by atoms with Crippen molar-refractivity contribution in [2.75, 3.05) is 11.9 Å². The molecule has 0 aliphatic heterocycles. The molecule has 7 heteroatoms. The fourth-order valence-electron chi connectivity index (χ4n) is 2.89. The molecule has 1 N–H and O–H groups in total. The number of rotatable bonds is 5. The van der Waals surface area contributed by atoms with Gasteiger partial charge in [0.05, 0.1) is 12.3 Å². The summed E-state index contributed by atoms with van der Waals surface area (Å²) in [6.07, 6.45) is 1.64. The molecule has 0 spiro atoms. The number of nitrogens with zero attached hydrogens (tertiary/aromatic N) is 2. The molecule has 0 saturated carbocycles. The minimum atomic E-state index is -0.334. The molecule has 0 aliphatic carbocycles. The Labute approximate surface area is 171 Å². The van der Waals surface area contributed by atoms with Crippen LogP contribution < -0.4 is 15.6 Å². The topological polar surface area (TPSA) is 76.7 Å². The number of hydrogen-bond donors (Lipinski definition) is 1. The number of amides is 1. The number of aryl methyl sites for hydroxylation is 1. The number of anilines is 1. The van der Waals surface area contributed by atoms with E-state index in [2.05, 4.69) is 15.3 Å². The number of carbonyl (C=O) groups is 1. The van der Waals surface area contributed by atoms with Crippen LogP contribution in [0.1, 0.15) is 22.8 Å². The number of para-hydroxylation sites is 2. The summed E-state index contributed by atoms with van der Waals surface area (Å²) in [6, 6.07) is 15.0. The fourth-order valence-corrected chi connectivity index (χ4v) is 3.41. The van der Waals surface area contributed by atoms with Crippen LogP contribution in [0.2, 0.25) is 0 Å². The molecule has 4 aromatic rings. The summed E-state index contributed by atoms with van der Waals surface area (Å²) in [5.41, 5.74) is 2.80. The third kappa shape index (κ3) is 4.05. The molecule has 1 amide bonds. The van der Waals surface area contributed by atoms with Gasteiger partial charge in [-0.1, -0.05) is 30.3 Å². The lowest BCUT2D eigenvalue weighted by molar-refractivity contribution is 0.102. The van der Waals surface area contributed by atoms with Crippen molar-refractivity contribution >= 4 is 39.0 Å². The standard InChI is InChI=1S/C22H19N3O3S/c1-3-27-18-10-6-8-15-13-16(20(26)25-22-23-11-12-29-22)21(28-19(15)18)24-17-9-5-4-7-14(17)2/h4-13H,3H2,1-2H3,(H,23,25,26). The van der Waals surface area contributed by atoms with Crippen molar-refractivity contribution in [3.05, 3.63) is 76.8 Å². The number of thiazole rings is 1. The fraction of sp³-hybridized carbons (Fsp3) is 0.136. The van der Waals surface area contributed by atoms with Crippen molar-refractivity contribution in [1.82, 2.24) is 4.98 Å². The van der Waals surface area contributed by atoms with Gasteiger partial charge in [-0.05, 0) is 37.6 Å². The van der Waals surface area contributed by atoms with Gasteiger partial charge in [0.25, 0.3) is 5.91 Å². The third-order valence-electron chi connectivity index (χ3n) is 4.27. The average molecular weight is 405 g/mol. The zero-order valence-corrected chi connectivity index (χ0v) is 16.8. The van der Waals surface area contributed by atoms with Crippen LogP contribution in [-0.4, -0.2) is 17.5 Å². The van der Waals surface area contributed by atoms with Gasteiger partial charge in [-0.25, -0.2) is 9.98 Å². The van der Waals surface area contributed by atoms with Gasteiger partial charge in [0.1, 0.15) is 5.56 Å². The number of fused-ring (bicyclic) bond motifs is 1. The summed E-state index contributed by atoms with van der Waals surface area (Å²) in [6.45, 7) is 4.37. The van der Waals surface area contributed by atoms with Crippen molar-refractivity contribution in [3.63, 3.8) is 0 Å². The van der Waals surface area contributed by atoms with Crippen LogP contribution in [0.5, 0.6) is 5.75 Å². The highest BCUT2D eigenvalue weighted by molar-refractivity contribution is 7.13. The van der Waals surface area contributed by atoms with Gasteiger partial charge in [-0.15, -0.1) is 11.3 Å². The third-order valence-corrected chi connectivity index (χ3v) is 4.96. The second kappa shape index (κ2) is 8.28. The molecule has 0 bridgehead atoms. The summed E-state index contributed by atoms with van der Waals surface area (Å²) in [7, 11) is 0. The first-order valence-corrected chi connectivity index (χ1v) is 10.0. The van der Waals surface area contributed by atoms with Crippen LogP contribution in [0.25, 0.3) is 11.0 Å². The van der Waals surface area contributed by atoms with Crippen LogP contribution in [0.4, 0.5) is 10.8 Å². The highest BCUT2D eigenvalue weighted by Crippen LogP contribution is 2.26. The molecule has 0 atom stereocenters. The monoisotopic (exact) mass is 405 g/mol. The van der Waals surface area contributed by atoms with E-state index >= 15 is 0 Å². The molecule has 29 heavy (non-hydrogen) atoms. The van der Waals surface area contributed by atoms with Crippen LogP contribution in [0.3, 0.4) is 0 Å². The Morgan fingerprint density at radius 2 is 2.10 bits per heavy atom.